The van der Waals surface area contributed by atoms with Crippen LogP contribution < -0.4 is 10.1 Å². The van der Waals surface area contributed by atoms with Gasteiger partial charge in [0.1, 0.15) is 17.4 Å². The summed E-state index contributed by atoms with van der Waals surface area (Å²) in [5, 5.41) is 2.65. The molecule has 1 aliphatic rings. The van der Waals surface area contributed by atoms with Crippen LogP contribution in [0.3, 0.4) is 0 Å². The van der Waals surface area contributed by atoms with Crippen LogP contribution in [0.1, 0.15) is 22.3 Å². The summed E-state index contributed by atoms with van der Waals surface area (Å²) in [6.07, 6.45) is 1.15. The zero-order valence-corrected chi connectivity index (χ0v) is 9.48. The average Bonchev–Trinajstić information content (AvgIpc) is 2.29. The van der Waals surface area contributed by atoms with Crippen LogP contribution in [0, 0.1) is 11.6 Å². The molecule has 5 heteroatoms. The predicted molar refractivity (Wildman–Crippen MR) is 58.4 cm³/mol. The summed E-state index contributed by atoms with van der Waals surface area (Å²) in [5.41, 5.74) is 0.160. The van der Waals surface area contributed by atoms with E-state index in [1.54, 1.807) is 7.05 Å². The van der Waals surface area contributed by atoms with Crippen LogP contribution in [0.15, 0.2) is 6.07 Å². The molecule has 0 unspecified atom stereocenters. The van der Waals surface area contributed by atoms with Crippen molar-refractivity contribution < 1.29 is 18.3 Å². The number of carbonyl (C=O) groups excluding carboxylic acids is 1. The molecule has 0 aliphatic carbocycles. The quantitative estimate of drug-likeness (QED) is 0.818. The summed E-state index contributed by atoms with van der Waals surface area (Å²) < 4.78 is 32.4. The molecule has 0 radical (unpaired) electrons. The number of fused-ring (bicyclic) bond motifs is 1. The second-order valence-electron chi connectivity index (χ2n) is 3.93. The Morgan fingerprint density at radius 2 is 2.24 bits per heavy atom. The molecule has 1 heterocycles. The lowest BCUT2D eigenvalue weighted by Crippen LogP contribution is -2.23. The molecule has 0 saturated heterocycles. The Labute approximate surface area is 97.8 Å². The van der Waals surface area contributed by atoms with Crippen molar-refractivity contribution in [3.63, 3.8) is 0 Å². The van der Waals surface area contributed by atoms with Crippen LogP contribution in [-0.4, -0.2) is 26.0 Å². The third kappa shape index (κ3) is 2.15. The lowest BCUT2D eigenvalue weighted by molar-refractivity contribution is 0.0984. The fourth-order valence-electron chi connectivity index (χ4n) is 1.96. The van der Waals surface area contributed by atoms with Crippen molar-refractivity contribution >= 4 is 5.78 Å². The maximum atomic E-state index is 13.6. The highest BCUT2D eigenvalue weighted by atomic mass is 19.1. The maximum Gasteiger partial charge on any atom is 0.183 e. The van der Waals surface area contributed by atoms with Crippen LogP contribution in [0.4, 0.5) is 8.78 Å². The van der Waals surface area contributed by atoms with Crippen molar-refractivity contribution in [1.29, 1.82) is 0 Å². The molecule has 0 atom stereocenters. The van der Waals surface area contributed by atoms with Crippen molar-refractivity contribution in [2.24, 2.45) is 0 Å². The predicted octanol–water partition coefficient (Wildman–Crippen LogP) is 1.69. The van der Waals surface area contributed by atoms with E-state index in [4.69, 9.17) is 4.74 Å². The number of nitrogens with one attached hydrogen (secondary N) is 1. The summed E-state index contributed by atoms with van der Waals surface area (Å²) in [6.45, 7) is 0.383. The average molecular weight is 241 g/mol. The van der Waals surface area contributed by atoms with Gasteiger partial charge in [-0.2, -0.15) is 0 Å². The molecule has 1 aromatic rings. The van der Waals surface area contributed by atoms with E-state index in [-0.39, 0.29) is 17.9 Å². The van der Waals surface area contributed by atoms with Gasteiger partial charge in [0.15, 0.2) is 5.78 Å². The van der Waals surface area contributed by atoms with E-state index in [1.165, 1.54) is 0 Å². The summed E-state index contributed by atoms with van der Waals surface area (Å²) in [5.74, 6) is -1.85. The van der Waals surface area contributed by atoms with Crippen molar-refractivity contribution in [1.82, 2.24) is 5.32 Å². The lowest BCUT2D eigenvalue weighted by atomic mass is 9.98. The largest absolute Gasteiger partial charge is 0.492 e. The first kappa shape index (κ1) is 12.0. The van der Waals surface area contributed by atoms with Gasteiger partial charge in [-0.25, -0.2) is 8.78 Å². The minimum absolute atomic E-state index is 0.00163. The monoisotopic (exact) mass is 241 g/mol. The smallest absolute Gasteiger partial charge is 0.183 e. The molecule has 1 aliphatic heterocycles. The molecule has 0 fully saturated rings. The Morgan fingerprint density at radius 3 is 2.94 bits per heavy atom. The van der Waals surface area contributed by atoms with Gasteiger partial charge in [-0.1, -0.05) is 0 Å². The van der Waals surface area contributed by atoms with Gasteiger partial charge < -0.3 is 10.1 Å². The SMILES string of the molecule is CNCC(=O)c1c(F)cc(F)c2c1OCCC2. The molecule has 1 aromatic carbocycles. The second-order valence-corrected chi connectivity index (χ2v) is 3.93. The lowest BCUT2D eigenvalue weighted by Gasteiger charge is -2.20. The van der Waals surface area contributed by atoms with Gasteiger partial charge in [0, 0.05) is 11.6 Å². The van der Waals surface area contributed by atoms with E-state index in [9.17, 15) is 13.6 Å². The van der Waals surface area contributed by atoms with Crippen LogP contribution in [0.25, 0.3) is 0 Å². The molecule has 0 spiro atoms. The molecule has 1 N–H and O–H groups in total. The number of rotatable bonds is 3. The third-order valence-electron chi connectivity index (χ3n) is 2.72. The van der Waals surface area contributed by atoms with Crippen LogP contribution >= 0.6 is 0 Å². The number of halogens is 2. The van der Waals surface area contributed by atoms with Crippen molar-refractivity contribution in [2.75, 3.05) is 20.2 Å². The molecule has 3 nitrogen and oxygen atoms in total. The number of benzene rings is 1. The van der Waals surface area contributed by atoms with Crippen molar-refractivity contribution in [3.8, 4) is 5.75 Å². The normalized spacial score (nSPS) is 14.1. The van der Waals surface area contributed by atoms with E-state index in [2.05, 4.69) is 5.32 Å². The van der Waals surface area contributed by atoms with Gasteiger partial charge >= 0.3 is 0 Å². The Morgan fingerprint density at radius 1 is 1.47 bits per heavy atom. The first-order valence-electron chi connectivity index (χ1n) is 5.46. The van der Waals surface area contributed by atoms with Gasteiger partial charge in [0.2, 0.25) is 0 Å². The van der Waals surface area contributed by atoms with Gasteiger partial charge in [-0.05, 0) is 19.9 Å². The standard InChI is InChI=1S/C12H13F2NO2/c1-15-6-10(16)11-9(14)5-8(13)7-3-2-4-17-12(7)11/h5,15H,2-4,6H2,1H3. The van der Waals surface area contributed by atoms with Crippen molar-refractivity contribution in [3.05, 3.63) is 28.8 Å². The summed E-state index contributed by atoms with van der Waals surface area (Å²) in [6, 6.07) is 0.760. The third-order valence-corrected chi connectivity index (χ3v) is 2.72. The Hall–Kier alpha value is -1.49. The molecule has 0 saturated carbocycles. The number of likely N-dealkylation sites (N-methyl/N-ethyl adjacent to an activating group) is 1. The number of ether oxygens (including phenoxy) is 1. The maximum absolute atomic E-state index is 13.6. The van der Waals surface area contributed by atoms with E-state index in [0.29, 0.717) is 25.0 Å². The Balaban J connectivity index is 2.54. The molecule has 0 aromatic heterocycles. The number of carbonyl (C=O) groups is 1. The minimum Gasteiger partial charge on any atom is -0.492 e. The van der Waals surface area contributed by atoms with Gasteiger partial charge in [0.05, 0.1) is 18.7 Å². The minimum atomic E-state index is -0.858. The molecular formula is C12H13F2NO2. The number of ketones is 1. The zero-order chi connectivity index (χ0) is 12.4. The molecule has 17 heavy (non-hydrogen) atoms. The van der Waals surface area contributed by atoms with Crippen LogP contribution in [0.5, 0.6) is 5.75 Å². The fourth-order valence-corrected chi connectivity index (χ4v) is 1.96. The number of hydrogen-bond acceptors (Lipinski definition) is 3. The van der Waals surface area contributed by atoms with E-state index >= 15 is 0 Å². The highest BCUT2D eigenvalue weighted by Gasteiger charge is 2.26. The van der Waals surface area contributed by atoms with E-state index < -0.39 is 17.4 Å². The molecular weight excluding hydrogens is 228 g/mol. The molecule has 0 bridgehead atoms. The number of Topliss-reactive ketones (excluding diaryl/α,β-unsaturated/α-hetero) is 1. The summed E-state index contributed by atoms with van der Waals surface area (Å²) in [7, 11) is 1.59. The van der Waals surface area contributed by atoms with Gasteiger partial charge in [-0.15, -0.1) is 0 Å². The van der Waals surface area contributed by atoms with Crippen LogP contribution in [-0.2, 0) is 6.42 Å². The van der Waals surface area contributed by atoms with E-state index in [0.717, 1.165) is 6.07 Å². The van der Waals surface area contributed by atoms with Crippen LogP contribution in [0.2, 0.25) is 0 Å². The van der Waals surface area contributed by atoms with Crippen molar-refractivity contribution in [2.45, 2.75) is 12.8 Å². The fraction of sp³-hybridized carbons (Fsp3) is 0.417. The first-order valence-corrected chi connectivity index (χ1v) is 5.46. The van der Waals surface area contributed by atoms with Gasteiger partial charge in [0.25, 0.3) is 0 Å². The van der Waals surface area contributed by atoms with Gasteiger partial charge in [-0.3, -0.25) is 4.79 Å². The Kier molecular flexibility index (Phi) is 3.38. The zero-order valence-electron chi connectivity index (χ0n) is 9.48. The molecule has 0 amide bonds. The number of hydrogen-bond donors (Lipinski definition) is 1. The molecule has 92 valence electrons. The Bertz CT molecular complexity index is 460. The first-order chi connectivity index (χ1) is 8.15. The second kappa shape index (κ2) is 4.79. The highest BCUT2D eigenvalue weighted by Crippen LogP contribution is 2.33. The summed E-state index contributed by atoms with van der Waals surface area (Å²) >= 11 is 0. The van der Waals surface area contributed by atoms with E-state index in [1.807, 2.05) is 0 Å². The summed E-state index contributed by atoms with van der Waals surface area (Å²) in [4.78, 5) is 11.7. The highest BCUT2D eigenvalue weighted by molar-refractivity contribution is 6.00. The molecule has 2 rings (SSSR count). The topological polar surface area (TPSA) is 38.3 Å².